The fraction of sp³-hybridized carbons (Fsp3) is 0.294. The molecule has 1 aromatic heterocycles. The van der Waals surface area contributed by atoms with Crippen molar-refractivity contribution in [3.8, 4) is 5.75 Å². The van der Waals surface area contributed by atoms with Crippen LogP contribution in [0.25, 0.3) is 0 Å². The number of benzene rings is 1. The Bertz CT molecular complexity index is 684. The molecular formula is C17H20N2O3. The Hall–Kier alpha value is -2.56. The number of hydrogen-bond donors (Lipinski definition) is 1. The Morgan fingerprint density at radius 1 is 1.18 bits per heavy atom. The second-order valence-corrected chi connectivity index (χ2v) is 5.43. The minimum atomic E-state index is -0.257. The Balaban J connectivity index is 2.10. The number of amides is 1. The van der Waals surface area contributed by atoms with Gasteiger partial charge in [-0.1, -0.05) is 0 Å². The van der Waals surface area contributed by atoms with Gasteiger partial charge >= 0.3 is 0 Å². The van der Waals surface area contributed by atoms with Gasteiger partial charge in [-0.25, -0.2) is 0 Å². The van der Waals surface area contributed by atoms with Crippen LogP contribution in [0, 0.1) is 0 Å². The van der Waals surface area contributed by atoms with E-state index in [-0.39, 0.29) is 17.8 Å². The first-order valence-corrected chi connectivity index (χ1v) is 7.12. The molecule has 1 amide bonds. The minimum absolute atomic E-state index is 0.0650. The molecule has 0 unspecified atom stereocenters. The van der Waals surface area contributed by atoms with Gasteiger partial charge < -0.3 is 14.6 Å². The zero-order valence-corrected chi connectivity index (χ0v) is 13.2. The highest BCUT2D eigenvalue weighted by Crippen LogP contribution is 2.18. The molecule has 0 spiro atoms. The highest BCUT2D eigenvalue weighted by Gasteiger charge is 2.14. The Labute approximate surface area is 129 Å². The molecule has 0 saturated heterocycles. The van der Waals surface area contributed by atoms with Gasteiger partial charge in [0.25, 0.3) is 5.91 Å². The fourth-order valence-electron chi connectivity index (χ4n) is 2.07. The van der Waals surface area contributed by atoms with Crippen molar-refractivity contribution in [2.75, 3.05) is 5.32 Å². The smallest absolute Gasteiger partial charge is 0.272 e. The molecule has 1 heterocycles. The lowest BCUT2D eigenvalue weighted by molar-refractivity contribution is 0.101. The van der Waals surface area contributed by atoms with Crippen LogP contribution < -0.4 is 10.1 Å². The average Bonchev–Trinajstić information content (AvgIpc) is 2.83. The molecular weight excluding hydrogens is 280 g/mol. The predicted octanol–water partition coefficient (Wildman–Crippen LogP) is 3.27. The fourth-order valence-corrected chi connectivity index (χ4v) is 2.07. The van der Waals surface area contributed by atoms with Crippen molar-refractivity contribution >= 4 is 17.4 Å². The summed E-state index contributed by atoms with van der Waals surface area (Å²) < 4.78 is 7.19. The van der Waals surface area contributed by atoms with Crippen LogP contribution in [0.2, 0.25) is 0 Å². The van der Waals surface area contributed by atoms with Gasteiger partial charge in [0.2, 0.25) is 0 Å². The van der Waals surface area contributed by atoms with Crippen molar-refractivity contribution in [1.82, 2.24) is 4.57 Å². The van der Waals surface area contributed by atoms with E-state index in [2.05, 4.69) is 5.32 Å². The van der Waals surface area contributed by atoms with Crippen LogP contribution in [0.4, 0.5) is 5.69 Å². The van der Waals surface area contributed by atoms with Crippen LogP contribution in [0.5, 0.6) is 5.75 Å². The molecule has 2 aromatic rings. The van der Waals surface area contributed by atoms with Gasteiger partial charge in [-0.05, 0) is 51.1 Å². The van der Waals surface area contributed by atoms with Crippen LogP contribution in [0.15, 0.2) is 36.5 Å². The van der Waals surface area contributed by atoms with Gasteiger partial charge in [-0.2, -0.15) is 0 Å². The third-order valence-electron chi connectivity index (χ3n) is 3.13. The molecule has 0 aliphatic rings. The minimum Gasteiger partial charge on any atom is -0.491 e. The van der Waals surface area contributed by atoms with Gasteiger partial charge in [-0.3, -0.25) is 9.59 Å². The molecule has 5 heteroatoms. The van der Waals surface area contributed by atoms with Gasteiger partial charge in [0, 0.05) is 24.5 Å². The summed E-state index contributed by atoms with van der Waals surface area (Å²) in [5.74, 6) is 0.433. The van der Waals surface area contributed by atoms with Crippen molar-refractivity contribution in [3.05, 3.63) is 47.8 Å². The van der Waals surface area contributed by atoms with E-state index in [9.17, 15) is 9.59 Å². The van der Waals surface area contributed by atoms with E-state index in [1.807, 2.05) is 26.0 Å². The molecule has 0 aliphatic carbocycles. The number of nitrogens with zero attached hydrogens (tertiary/aromatic N) is 1. The quantitative estimate of drug-likeness (QED) is 0.862. The van der Waals surface area contributed by atoms with E-state index in [0.717, 1.165) is 5.75 Å². The Morgan fingerprint density at radius 2 is 1.82 bits per heavy atom. The normalized spacial score (nSPS) is 10.6. The molecule has 1 N–H and O–H groups in total. The monoisotopic (exact) mass is 300 g/mol. The number of ketones is 1. The molecule has 116 valence electrons. The molecule has 0 radical (unpaired) electrons. The van der Waals surface area contributed by atoms with Crippen LogP contribution >= 0.6 is 0 Å². The lowest BCUT2D eigenvalue weighted by Crippen LogP contribution is -2.15. The topological polar surface area (TPSA) is 60.3 Å². The maximum atomic E-state index is 12.3. The molecule has 0 atom stereocenters. The van der Waals surface area contributed by atoms with Gasteiger partial charge in [-0.15, -0.1) is 0 Å². The maximum absolute atomic E-state index is 12.3. The average molecular weight is 300 g/mol. The van der Waals surface area contributed by atoms with Crippen LogP contribution in [0.1, 0.15) is 41.6 Å². The summed E-state index contributed by atoms with van der Waals surface area (Å²) in [6, 6.07) is 8.77. The molecule has 1 aromatic carbocycles. The third kappa shape index (κ3) is 3.75. The van der Waals surface area contributed by atoms with Crippen molar-refractivity contribution in [2.45, 2.75) is 26.9 Å². The lowest BCUT2D eigenvalue weighted by Gasteiger charge is -2.10. The summed E-state index contributed by atoms with van der Waals surface area (Å²) in [6.45, 7) is 5.39. The Kier molecular flexibility index (Phi) is 4.65. The van der Waals surface area contributed by atoms with Crippen LogP contribution in [-0.2, 0) is 7.05 Å². The van der Waals surface area contributed by atoms with Crippen molar-refractivity contribution in [1.29, 1.82) is 0 Å². The first kappa shape index (κ1) is 15.8. The van der Waals surface area contributed by atoms with Gasteiger partial charge in [0.05, 0.1) is 6.10 Å². The number of aromatic nitrogens is 1. The lowest BCUT2D eigenvalue weighted by atomic mass is 10.2. The number of rotatable bonds is 5. The van der Waals surface area contributed by atoms with Crippen molar-refractivity contribution in [3.63, 3.8) is 0 Å². The summed E-state index contributed by atoms with van der Waals surface area (Å²) in [5, 5.41) is 2.81. The van der Waals surface area contributed by atoms with Crippen molar-refractivity contribution in [2.24, 2.45) is 7.05 Å². The third-order valence-corrected chi connectivity index (χ3v) is 3.13. The van der Waals surface area contributed by atoms with Crippen LogP contribution in [-0.4, -0.2) is 22.4 Å². The highest BCUT2D eigenvalue weighted by molar-refractivity contribution is 6.05. The molecule has 0 saturated carbocycles. The predicted molar refractivity (Wildman–Crippen MR) is 85.6 cm³/mol. The van der Waals surface area contributed by atoms with E-state index in [1.165, 1.54) is 6.92 Å². The highest BCUT2D eigenvalue weighted by atomic mass is 16.5. The largest absolute Gasteiger partial charge is 0.491 e. The number of anilines is 1. The summed E-state index contributed by atoms with van der Waals surface area (Å²) >= 11 is 0. The summed E-state index contributed by atoms with van der Waals surface area (Å²) in [7, 11) is 1.74. The number of nitrogens with one attached hydrogen (secondary N) is 1. The molecule has 2 rings (SSSR count). The summed E-state index contributed by atoms with van der Waals surface area (Å²) in [5.41, 5.74) is 1.63. The van der Waals surface area contributed by atoms with E-state index in [0.29, 0.717) is 16.9 Å². The number of hydrogen-bond acceptors (Lipinski definition) is 3. The van der Waals surface area contributed by atoms with Crippen molar-refractivity contribution < 1.29 is 14.3 Å². The number of carbonyl (C=O) groups excluding carboxylic acids is 2. The number of carbonyl (C=O) groups is 2. The molecule has 0 fully saturated rings. The number of Topliss-reactive ketones (excluding diaryl/α,β-unsaturated/α-hetero) is 1. The van der Waals surface area contributed by atoms with E-state index in [4.69, 9.17) is 4.74 Å². The molecule has 5 nitrogen and oxygen atoms in total. The van der Waals surface area contributed by atoms with E-state index < -0.39 is 0 Å². The summed E-state index contributed by atoms with van der Waals surface area (Å²) in [4.78, 5) is 23.6. The van der Waals surface area contributed by atoms with E-state index in [1.54, 1.807) is 36.0 Å². The first-order chi connectivity index (χ1) is 10.4. The first-order valence-electron chi connectivity index (χ1n) is 7.12. The van der Waals surface area contributed by atoms with Crippen LogP contribution in [0.3, 0.4) is 0 Å². The molecule has 0 aliphatic heterocycles. The van der Waals surface area contributed by atoms with E-state index >= 15 is 0 Å². The van der Waals surface area contributed by atoms with Gasteiger partial charge in [0.15, 0.2) is 5.78 Å². The maximum Gasteiger partial charge on any atom is 0.272 e. The Morgan fingerprint density at radius 3 is 2.32 bits per heavy atom. The second kappa shape index (κ2) is 6.47. The van der Waals surface area contributed by atoms with Gasteiger partial charge in [0.1, 0.15) is 11.4 Å². The summed E-state index contributed by atoms with van der Waals surface area (Å²) in [6.07, 6.45) is 1.76. The molecule has 22 heavy (non-hydrogen) atoms. The zero-order valence-electron chi connectivity index (χ0n) is 13.2. The SMILES string of the molecule is CC(=O)c1cc(C(=O)Nc2ccc(OC(C)C)cc2)n(C)c1. The zero-order chi connectivity index (χ0) is 16.3. The second-order valence-electron chi connectivity index (χ2n) is 5.43. The molecule has 0 bridgehead atoms. The standard InChI is InChI=1S/C17H20N2O3/c1-11(2)22-15-7-5-14(6-8-15)18-17(21)16-9-13(12(3)20)10-19(16)4/h5-11H,1-4H3,(H,18,21). The number of aryl methyl sites for hydroxylation is 1. The number of ether oxygens (including phenoxy) is 1.